The third-order valence-electron chi connectivity index (χ3n) is 2.38. The number of rotatable bonds is 4. The number of nitrogens with zero attached hydrogens (tertiary/aromatic N) is 2. The number of anilines is 1. The van der Waals surface area contributed by atoms with Crippen molar-refractivity contribution in [3.05, 3.63) is 46.2 Å². The lowest BCUT2D eigenvalue weighted by molar-refractivity contribution is -0.137. The Morgan fingerprint density at radius 2 is 2.10 bits per heavy atom. The van der Waals surface area contributed by atoms with Gasteiger partial charge in [0.1, 0.15) is 6.54 Å². The highest BCUT2D eigenvalue weighted by molar-refractivity contribution is 6.44. The Morgan fingerprint density at radius 1 is 1.35 bits per heavy atom. The second-order valence-corrected chi connectivity index (χ2v) is 4.66. The van der Waals surface area contributed by atoms with Crippen LogP contribution < -0.4 is 5.32 Å². The molecule has 0 radical (unpaired) electrons. The van der Waals surface area contributed by atoms with Crippen LogP contribution in [0.25, 0.3) is 0 Å². The molecule has 0 saturated heterocycles. The summed E-state index contributed by atoms with van der Waals surface area (Å²) in [4.78, 5) is 22.5. The number of nitrogens with one attached hydrogen (secondary N) is 1. The number of carbonyl (C=O) groups is 2. The van der Waals surface area contributed by atoms with Crippen molar-refractivity contribution >= 4 is 40.8 Å². The fourth-order valence-electron chi connectivity index (χ4n) is 1.53. The lowest BCUT2D eigenvalue weighted by Gasteiger charge is -2.05. The normalized spacial score (nSPS) is 10.3. The first kappa shape index (κ1) is 14.4. The molecule has 1 amide bonds. The number of carboxylic acid groups (broad SMARTS) is 1. The molecule has 8 heteroatoms. The Balaban J connectivity index is 2.13. The molecule has 0 aliphatic rings. The van der Waals surface area contributed by atoms with Crippen LogP contribution in [0.2, 0.25) is 10.0 Å². The SMILES string of the molecule is O=C(O)Cn1cc(NC(=O)c2cccc(Cl)c2Cl)cn1. The van der Waals surface area contributed by atoms with Gasteiger partial charge in [0.15, 0.2) is 0 Å². The van der Waals surface area contributed by atoms with E-state index in [4.69, 9.17) is 28.3 Å². The molecule has 0 atom stereocenters. The second-order valence-electron chi connectivity index (χ2n) is 3.88. The van der Waals surface area contributed by atoms with Gasteiger partial charge in [-0.15, -0.1) is 0 Å². The molecule has 1 aromatic carbocycles. The van der Waals surface area contributed by atoms with Crippen LogP contribution in [0.3, 0.4) is 0 Å². The highest BCUT2D eigenvalue weighted by Crippen LogP contribution is 2.26. The minimum atomic E-state index is -1.02. The van der Waals surface area contributed by atoms with Gasteiger partial charge in [-0.1, -0.05) is 29.3 Å². The van der Waals surface area contributed by atoms with Gasteiger partial charge in [0.05, 0.1) is 27.5 Å². The number of aromatic nitrogens is 2. The van der Waals surface area contributed by atoms with E-state index < -0.39 is 11.9 Å². The zero-order chi connectivity index (χ0) is 14.7. The zero-order valence-corrected chi connectivity index (χ0v) is 11.5. The van der Waals surface area contributed by atoms with E-state index in [0.717, 1.165) is 0 Å². The molecule has 1 heterocycles. The van der Waals surface area contributed by atoms with E-state index in [1.165, 1.54) is 23.1 Å². The highest BCUT2D eigenvalue weighted by Gasteiger charge is 2.13. The molecule has 104 valence electrons. The van der Waals surface area contributed by atoms with Gasteiger partial charge in [0, 0.05) is 6.20 Å². The number of hydrogen-bond donors (Lipinski definition) is 2. The standard InChI is InChI=1S/C12H9Cl2N3O3/c13-9-3-1-2-8(11(9)14)12(20)16-7-4-15-17(5-7)6-10(18)19/h1-5H,6H2,(H,16,20)(H,18,19). The van der Waals surface area contributed by atoms with Crippen LogP contribution >= 0.6 is 23.2 Å². The van der Waals surface area contributed by atoms with E-state index in [2.05, 4.69) is 10.4 Å². The maximum Gasteiger partial charge on any atom is 0.325 e. The third kappa shape index (κ3) is 3.28. The van der Waals surface area contributed by atoms with Gasteiger partial charge in [0.25, 0.3) is 5.91 Å². The van der Waals surface area contributed by atoms with Crippen LogP contribution in [0, 0.1) is 0 Å². The van der Waals surface area contributed by atoms with Gasteiger partial charge >= 0.3 is 5.97 Å². The lowest BCUT2D eigenvalue weighted by atomic mass is 10.2. The quantitative estimate of drug-likeness (QED) is 0.908. The number of hydrogen-bond acceptors (Lipinski definition) is 3. The van der Waals surface area contributed by atoms with Crippen LogP contribution in [0.4, 0.5) is 5.69 Å². The number of halogens is 2. The van der Waals surface area contributed by atoms with Crippen LogP contribution in [0.15, 0.2) is 30.6 Å². The van der Waals surface area contributed by atoms with E-state index in [-0.39, 0.29) is 22.2 Å². The first-order chi connectivity index (χ1) is 9.47. The van der Waals surface area contributed by atoms with Crippen molar-refractivity contribution in [2.75, 3.05) is 5.32 Å². The summed E-state index contributed by atoms with van der Waals surface area (Å²) in [6.07, 6.45) is 2.75. The molecule has 20 heavy (non-hydrogen) atoms. The third-order valence-corrected chi connectivity index (χ3v) is 3.20. The van der Waals surface area contributed by atoms with E-state index in [1.807, 2.05) is 0 Å². The van der Waals surface area contributed by atoms with Crippen molar-refractivity contribution in [2.24, 2.45) is 0 Å². The van der Waals surface area contributed by atoms with Gasteiger partial charge in [-0.2, -0.15) is 5.10 Å². The fraction of sp³-hybridized carbons (Fsp3) is 0.0833. The van der Waals surface area contributed by atoms with Gasteiger partial charge < -0.3 is 10.4 Å². The zero-order valence-electron chi connectivity index (χ0n) is 10.0. The van der Waals surface area contributed by atoms with Crippen molar-refractivity contribution < 1.29 is 14.7 Å². The van der Waals surface area contributed by atoms with Crippen LogP contribution in [-0.4, -0.2) is 26.8 Å². The largest absolute Gasteiger partial charge is 0.480 e. The molecule has 1 aromatic heterocycles. The number of carboxylic acids is 1. The predicted octanol–water partition coefficient (Wildman–Crippen LogP) is 2.53. The van der Waals surface area contributed by atoms with Crippen molar-refractivity contribution in [2.45, 2.75) is 6.54 Å². The summed E-state index contributed by atoms with van der Waals surface area (Å²) in [5.74, 6) is -1.48. The molecule has 0 aliphatic heterocycles. The summed E-state index contributed by atoms with van der Waals surface area (Å²) in [6, 6.07) is 4.72. The molecule has 2 aromatic rings. The van der Waals surface area contributed by atoms with Gasteiger partial charge in [-0.25, -0.2) is 0 Å². The maximum atomic E-state index is 12.0. The summed E-state index contributed by atoms with van der Waals surface area (Å²) in [5.41, 5.74) is 0.595. The predicted molar refractivity (Wildman–Crippen MR) is 74.3 cm³/mol. The summed E-state index contributed by atoms with van der Waals surface area (Å²) in [6.45, 7) is -0.284. The molecule has 0 spiro atoms. The van der Waals surface area contributed by atoms with Gasteiger partial charge in [-0.3, -0.25) is 14.3 Å². The fourth-order valence-corrected chi connectivity index (χ4v) is 1.92. The summed E-state index contributed by atoms with van der Waals surface area (Å²) >= 11 is 11.8. The number of benzene rings is 1. The van der Waals surface area contributed by atoms with Crippen LogP contribution in [0.5, 0.6) is 0 Å². The Bertz CT molecular complexity index is 670. The summed E-state index contributed by atoms with van der Waals surface area (Å²) < 4.78 is 1.19. The molecule has 0 unspecified atom stereocenters. The molecule has 0 bridgehead atoms. The Morgan fingerprint density at radius 3 is 2.80 bits per heavy atom. The highest BCUT2D eigenvalue weighted by atomic mass is 35.5. The molecular formula is C12H9Cl2N3O3. The average Bonchev–Trinajstić information content (AvgIpc) is 2.79. The summed E-state index contributed by atoms with van der Waals surface area (Å²) in [7, 11) is 0. The first-order valence-electron chi connectivity index (χ1n) is 5.47. The van der Waals surface area contributed by atoms with E-state index in [0.29, 0.717) is 5.69 Å². The maximum absolute atomic E-state index is 12.0. The second kappa shape index (κ2) is 5.94. The van der Waals surface area contributed by atoms with E-state index in [1.54, 1.807) is 12.1 Å². The van der Waals surface area contributed by atoms with E-state index >= 15 is 0 Å². The Labute approximate surface area is 123 Å². The average molecular weight is 314 g/mol. The van der Waals surface area contributed by atoms with Crippen molar-refractivity contribution in [1.29, 1.82) is 0 Å². The lowest BCUT2D eigenvalue weighted by Crippen LogP contribution is -2.12. The molecule has 0 fully saturated rings. The molecule has 2 rings (SSSR count). The van der Waals surface area contributed by atoms with Gasteiger partial charge in [-0.05, 0) is 12.1 Å². The topological polar surface area (TPSA) is 84.2 Å². The van der Waals surface area contributed by atoms with Crippen LogP contribution in [0.1, 0.15) is 10.4 Å². The van der Waals surface area contributed by atoms with Crippen molar-refractivity contribution in [3.8, 4) is 0 Å². The number of aliphatic carboxylic acids is 1. The Kier molecular flexibility index (Phi) is 4.26. The van der Waals surface area contributed by atoms with Gasteiger partial charge in [0.2, 0.25) is 0 Å². The molecular weight excluding hydrogens is 305 g/mol. The minimum Gasteiger partial charge on any atom is -0.480 e. The molecule has 0 saturated carbocycles. The molecule has 0 aliphatic carbocycles. The Hall–Kier alpha value is -2.05. The van der Waals surface area contributed by atoms with Crippen molar-refractivity contribution in [1.82, 2.24) is 9.78 Å². The van der Waals surface area contributed by atoms with Crippen LogP contribution in [-0.2, 0) is 11.3 Å². The summed E-state index contributed by atoms with van der Waals surface area (Å²) in [5, 5.41) is 15.4. The molecule has 2 N–H and O–H groups in total. The monoisotopic (exact) mass is 313 g/mol. The first-order valence-corrected chi connectivity index (χ1v) is 6.22. The van der Waals surface area contributed by atoms with E-state index in [9.17, 15) is 9.59 Å². The molecule has 6 nitrogen and oxygen atoms in total. The minimum absolute atomic E-state index is 0.157. The number of amides is 1. The smallest absolute Gasteiger partial charge is 0.325 e. The van der Waals surface area contributed by atoms with Crippen molar-refractivity contribution in [3.63, 3.8) is 0 Å². The number of carbonyl (C=O) groups excluding carboxylic acids is 1.